The fourth-order valence-corrected chi connectivity index (χ4v) is 3.65. The molecule has 0 aliphatic rings. The second-order valence-electron chi connectivity index (χ2n) is 7.27. The predicted molar refractivity (Wildman–Crippen MR) is 134 cm³/mol. The summed E-state index contributed by atoms with van der Waals surface area (Å²) in [7, 11) is 1.38. The smallest absolute Gasteiger partial charge is 0.382 e. The Morgan fingerprint density at radius 2 is 1.76 bits per heavy atom. The first kappa shape index (κ1) is 25.9. The molecule has 15 heteroatoms. The van der Waals surface area contributed by atoms with Gasteiger partial charge in [-0.15, -0.1) is 10.2 Å². The lowest BCUT2D eigenvalue weighted by Gasteiger charge is -2.10. The normalized spacial score (nSPS) is 12.6. The summed E-state index contributed by atoms with van der Waals surface area (Å²) < 4.78 is 41.3. The van der Waals surface area contributed by atoms with Crippen LogP contribution in [-0.4, -0.2) is 44.1 Å². The molecule has 0 atom stereocenters. The monoisotopic (exact) mass is 549 g/mol. The minimum Gasteiger partial charge on any atom is -0.382 e. The Morgan fingerprint density at radius 1 is 1.05 bits per heavy atom. The van der Waals surface area contributed by atoms with Crippen LogP contribution in [0.3, 0.4) is 0 Å². The van der Waals surface area contributed by atoms with Gasteiger partial charge >= 0.3 is 6.18 Å². The second kappa shape index (κ2) is 10.4. The SMILES string of the molecule is CNC(=O)/C(=N/Nc1c(Cl)cccc1Cl)C(N)=Nc1ccc(-c2nnc3cccc(C(F)(F)F)n23)nc1. The summed E-state index contributed by atoms with van der Waals surface area (Å²) in [5.41, 5.74) is 7.96. The van der Waals surface area contributed by atoms with Gasteiger partial charge in [-0.1, -0.05) is 35.3 Å². The number of benzene rings is 1. The van der Waals surface area contributed by atoms with Crippen molar-refractivity contribution in [1.82, 2.24) is 24.9 Å². The van der Waals surface area contributed by atoms with E-state index in [-0.39, 0.29) is 50.1 Å². The van der Waals surface area contributed by atoms with Crippen LogP contribution in [-0.2, 0) is 11.0 Å². The van der Waals surface area contributed by atoms with Crippen LogP contribution in [0.4, 0.5) is 24.5 Å². The number of fused-ring (bicyclic) bond motifs is 1. The lowest BCUT2D eigenvalue weighted by Crippen LogP contribution is -2.38. The van der Waals surface area contributed by atoms with Gasteiger partial charge in [-0.25, -0.2) is 4.99 Å². The van der Waals surface area contributed by atoms with Crippen molar-refractivity contribution in [2.24, 2.45) is 15.8 Å². The van der Waals surface area contributed by atoms with Crippen LogP contribution >= 0.6 is 23.2 Å². The van der Waals surface area contributed by atoms with Crippen molar-refractivity contribution in [1.29, 1.82) is 0 Å². The highest BCUT2D eigenvalue weighted by atomic mass is 35.5. The molecule has 0 aliphatic heterocycles. The number of alkyl halides is 3. The molecule has 4 aromatic rings. The molecule has 0 spiro atoms. The molecule has 4 rings (SSSR count). The zero-order valence-corrected chi connectivity index (χ0v) is 20.3. The largest absolute Gasteiger partial charge is 0.431 e. The summed E-state index contributed by atoms with van der Waals surface area (Å²) in [6.45, 7) is 0. The van der Waals surface area contributed by atoms with E-state index in [1.54, 1.807) is 18.2 Å². The molecular weight excluding hydrogens is 534 g/mol. The Kier molecular flexibility index (Phi) is 7.27. The Hall–Kier alpha value is -4.23. The molecular formula is C22H16Cl2F3N9O. The van der Waals surface area contributed by atoms with Gasteiger partial charge in [0.05, 0.1) is 27.6 Å². The van der Waals surface area contributed by atoms with E-state index < -0.39 is 17.8 Å². The maximum absolute atomic E-state index is 13.5. The van der Waals surface area contributed by atoms with Crippen molar-refractivity contribution in [3.63, 3.8) is 0 Å². The molecule has 1 amide bonds. The highest BCUT2D eigenvalue weighted by molar-refractivity contribution is 6.66. The van der Waals surface area contributed by atoms with Gasteiger partial charge in [0.25, 0.3) is 5.91 Å². The van der Waals surface area contributed by atoms with Crippen LogP contribution < -0.4 is 16.5 Å². The molecule has 0 fully saturated rings. The average Bonchev–Trinajstić information content (AvgIpc) is 3.29. The Morgan fingerprint density at radius 3 is 2.38 bits per heavy atom. The molecule has 190 valence electrons. The third-order valence-electron chi connectivity index (χ3n) is 4.87. The number of para-hydroxylation sites is 1. The highest BCUT2D eigenvalue weighted by Gasteiger charge is 2.34. The molecule has 0 bridgehead atoms. The first-order chi connectivity index (χ1) is 17.6. The molecule has 37 heavy (non-hydrogen) atoms. The molecule has 3 heterocycles. The number of carbonyl (C=O) groups is 1. The molecule has 3 aromatic heterocycles. The molecule has 0 radical (unpaired) electrons. The van der Waals surface area contributed by atoms with Crippen LogP contribution in [0.5, 0.6) is 0 Å². The molecule has 1 aromatic carbocycles. The summed E-state index contributed by atoms with van der Waals surface area (Å²) in [5.74, 6) is -1.05. The lowest BCUT2D eigenvalue weighted by atomic mass is 10.2. The number of hydrazone groups is 1. The van der Waals surface area contributed by atoms with E-state index in [1.165, 1.54) is 37.5 Å². The van der Waals surface area contributed by atoms with Gasteiger partial charge < -0.3 is 11.1 Å². The zero-order valence-electron chi connectivity index (χ0n) is 18.8. The number of hydrogen-bond acceptors (Lipinski definition) is 7. The minimum absolute atomic E-state index is 0.00974. The van der Waals surface area contributed by atoms with Gasteiger partial charge in [-0.3, -0.25) is 19.6 Å². The summed E-state index contributed by atoms with van der Waals surface area (Å²) in [6.07, 6.45) is -3.38. The van der Waals surface area contributed by atoms with Crippen LogP contribution in [0.15, 0.2) is 64.8 Å². The maximum Gasteiger partial charge on any atom is 0.431 e. The Bertz CT molecular complexity index is 1510. The number of amidine groups is 1. The average molecular weight is 550 g/mol. The fourth-order valence-electron chi connectivity index (χ4n) is 3.16. The van der Waals surface area contributed by atoms with E-state index >= 15 is 0 Å². The van der Waals surface area contributed by atoms with Crippen LogP contribution in [0.2, 0.25) is 10.0 Å². The fraction of sp³-hybridized carbons (Fsp3) is 0.0909. The summed E-state index contributed by atoms with van der Waals surface area (Å²) in [4.78, 5) is 20.6. The molecule has 0 saturated carbocycles. The number of carbonyl (C=O) groups excluding carboxylic acids is 1. The molecule has 10 nitrogen and oxygen atoms in total. The number of nitrogens with zero attached hydrogens (tertiary/aromatic N) is 6. The first-order valence-corrected chi connectivity index (χ1v) is 11.1. The number of amides is 1. The quantitative estimate of drug-likeness (QED) is 0.186. The number of pyridine rings is 2. The van der Waals surface area contributed by atoms with Gasteiger partial charge in [-0.2, -0.15) is 18.3 Å². The number of rotatable bonds is 6. The number of aromatic nitrogens is 4. The molecule has 0 aliphatic carbocycles. The molecule has 0 unspecified atom stereocenters. The van der Waals surface area contributed by atoms with Crippen LogP contribution in [0, 0.1) is 0 Å². The third-order valence-corrected chi connectivity index (χ3v) is 5.50. The third kappa shape index (κ3) is 5.47. The van der Waals surface area contributed by atoms with Crippen molar-refractivity contribution in [2.75, 3.05) is 12.5 Å². The van der Waals surface area contributed by atoms with E-state index in [1.807, 2.05) is 0 Å². The number of hydrogen-bond donors (Lipinski definition) is 3. The summed E-state index contributed by atoms with van der Waals surface area (Å²) in [6, 6.07) is 11.2. The number of nitrogens with two attached hydrogens (primary N) is 1. The van der Waals surface area contributed by atoms with E-state index in [2.05, 4.69) is 36.0 Å². The van der Waals surface area contributed by atoms with Gasteiger partial charge in [0.2, 0.25) is 0 Å². The van der Waals surface area contributed by atoms with Crippen molar-refractivity contribution in [2.45, 2.75) is 6.18 Å². The highest BCUT2D eigenvalue weighted by Crippen LogP contribution is 2.32. The van der Waals surface area contributed by atoms with Crippen molar-refractivity contribution in [3.8, 4) is 11.5 Å². The summed E-state index contributed by atoms with van der Waals surface area (Å²) in [5, 5.41) is 14.5. The van der Waals surface area contributed by atoms with Gasteiger partial charge in [0.15, 0.2) is 23.0 Å². The molecule has 4 N–H and O–H groups in total. The van der Waals surface area contributed by atoms with Crippen molar-refractivity contribution in [3.05, 3.63) is 70.5 Å². The van der Waals surface area contributed by atoms with Crippen molar-refractivity contribution >= 4 is 57.7 Å². The number of nitrogens with one attached hydrogen (secondary N) is 2. The first-order valence-electron chi connectivity index (χ1n) is 10.3. The maximum atomic E-state index is 13.5. The van der Waals surface area contributed by atoms with Crippen LogP contribution in [0.1, 0.15) is 5.69 Å². The van der Waals surface area contributed by atoms with E-state index in [4.69, 9.17) is 28.9 Å². The molecule has 0 saturated heterocycles. The van der Waals surface area contributed by atoms with E-state index in [0.717, 1.165) is 10.5 Å². The summed E-state index contributed by atoms with van der Waals surface area (Å²) >= 11 is 12.2. The van der Waals surface area contributed by atoms with Gasteiger partial charge in [0, 0.05) is 7.05 Å². The van der Waals surface area contributed by atoms with Crippen molar-refractivity contribution < 1.29 is 18.0 Å². The number of aliphatic imine (C=N–C) groups is 1. The Labute approximate surface area is 217 Å². The topological polar surface area (TPSA) is 135 Å². The van der Waals surface area contributed by atoms with E-state index in [0.29, 0.717) is 0 Å². The second-order valence-corrected chi connectivity index (χ2v) is 8.09. The minimum atomic E-state index is -4.63. The predicted octanol–water partition coefficient (Wildman–Crippen LogP) is 4.32. The standard InChI is InChI=1S/C22H16Cl2F3N9O/c1-29-21(37)18(34-33-17-12(23)4-2-5-13(17)24)19(28)31-11-8-9-14(30-10-11)20-35-32-16-7-3-6-15(36(16)20)22(25,26)27/h2-10,33H,1H3,(H2,28,31)(H,29,37)/b34-18+. The van der Waals surface area contributed by atoms with E-state index in [9.17, 15) is 18.0 Å². The van der Waals surface area contributed by atoms with Gasteiger partial charge in [-0.05, 0) is 36.4 Å². The zero-order chi connectivity index (χ0) is 26.7. The Balaban J connectivity index is 1.66. The van der Waals surface area contributed by atoms with Gasteiger partial charge in [0.1, 0.15) is 11.4 Å². The number of anilines is 1. The number of halogens is 5. The lowest BCUT2D eigenvalue weighted by molar-refractivity contribution is -0.141. The van der Waals surface area contributed by atoms with Crippen LogP contribution in [0.25, 0.3) is 17.2 Å².